The first-order valence-electron chi connectivity index (χ1n) is 7.63. The van der Waals surface area contributed by atoms with Gasteiger partial charge in [0.05, 0.1) is 25.3 Å². The Balaban J connectivity index is 1.79. The van der Waals surface area contributed by atoms with Crippen LogP contribution in [0.25, 0.3) is 0 Å². The van der Waals surface area contributed by atoms with E-state index in [-0.39, 0.29) is 29.1 Å². The zero-order valence-corrected chi connectivity index (χ0v) is 13.7. The van der Waals surface area contributed by atoms with E-state index in [0.29, 0.717) is 19.0 Å². The maximum atomic E-state index is 12.3. The molecule has 1 aliphatic heterocycles. The maximum absolute atomic E-state index is 12.3. The van der Waals surface area contributed by atoms with E-state index >= 15 is 0 Å². The number of hydrogen-bond donors (Lipinski definition) is 2. The van der Waals surface area contributed by atoms with Crippen molar-refractivity contribution >= 4 is 11.9 Å². The minimum absolute atomic E-state index is 0.00621. The molecule has 2 aromatic heterocycles. The number of fused-ring (bicyclic) bond motifs is 1. The molecule has 0 radical (unpaired) electrons. The second-order valence-electron chi connectivity index (χ2n) is 6.10. The van der Waals surface area contributed by atoms with Crippen molar-refractivity contribution in [2.24, 2.45) is 0 Å². The van der Waals surface area contributed by atoms with Crippen molar-refractivity contribution in [3.63, 3.8) is 0 Å². The van der Waals surface area contributed by atoms with E-state index in [1.807, 2.05) is 0 Å². The highest BCUT2D eigenvalue weighted by molar-refractivity contribution is 5.92. The number of carboxylic acids is 1. The molecule has 0 spiro atoms. The summed E-state index contributed by atoms with van der Waals surface area (Å²) in [4.78, 5) is 39.6. The molecule has 25 heavy (non-hydrogen) atoms. The van der Waals surface area contributed by atoms with Gasteiger partial charge in [0.25, 0.3) is 11.5 Å². The Hall–Kier alpha value is -2.94. The molecule has 9 nitrogen and oxygen atoms in total. The van der Waals surface area contributed by atoms with Crippen LogP contribution in [-0.2, 0) is 23.4 Å². The first-order valence-corrected chi connectivity index (χ1v) is 7.63. The monoisotopic (exact) mass is 347 g/mol. The van der Waals surface area contributed by atoms with Gasteiger partial charge in [-0.05, 0) is 19.9 Å². The number of rotatable bonds is 4. The summed E-state index contributed by atoms with van der Waals surface area (Å²) in [6.07, 6.45) is 1.09. The van der Waals surface area contributed by atoms with Gasteiger partial charge >= 0.3 is 5.97 Å². The van der Waals surface area contributed by atoms with E-state index < -0.39 is 17.5 Å². The lowest BCUT2D eigenvalue weighted by atomic mass is 10.1. The third kappa shape index (κ3) is 3.31. The fraction of sp³-hybridized carbons (Fsp3) is 0.375. The summed E-state index contributed by atoms with van der Waals surface area (Å²) in [6.45, 7) is 4.32. The molecule has 3 rings (SSSR count). The van der Waals surface area contributed by atoms with Gasteiger partial charge in [-0.2, -0.15) is 0 Å². The standard InChI is InChI=1S/C16H17N3O6/c1-16(2)15-18-11(6-12(20)19(15)3-4-25-16)13(21)17-7-10-5-9(8-24-10)14(22)23/h5-6,8H,3-4,7H2,1-2H3,(H,17,21)(H,22,23). The minimum atomic E-state index is -1.12. The number of amides is 1. The number of nitrogens with zero attached hydrogens (tertiary/aromatic N) is 2. The molecule has 132 valence electrons. The van der Waals surface area contributed by atoms with E-state index in [1.54, 1.807) is 13.8 Å². The van der Waals surface area contributed by atoms with Gasteiger partial charge in [0.2, 0.25) is 0 Å². The Kier molecular flexibility index (Phi) is 4.17. The first-order chi connectivity index (χ1) is 11.8. The van der Waals surface area contributed by atoms with Crippen molar-refractivity contribution < 1.29 is 23.8 Å². The van der Waals surface area contributed by atoms with Crippen molar-refractivity contribution in [1.29, 1.82) is 0 Å². The molecule has 0 aliphatic carbocycles. The highest BCUT2D eigenvalue weighted by Gasteiger charge is 2.32. The Bertz CT molecular complexity index is 896. The van der Waals surface area contributed by atoms with Crippen molar-refractivity contribution in [3.8, 4) is 0 Å². The van der Waals surface area contributed by atoms with Crippen LogP contribution >= 0.6 is 0 Å². The third-order valence-corrected chi connectivity index (χ3v) is 3.88. The van der Waals surface area contributed by atoms with Gasteiger partial charge in [0, 0.05) is 6.07 Å². The SMILES string of the molecule is CC1(C)OCCn2c1nc(C(=O)NCc1cc(C(=O)O)co1)cc2=O. The quantitative estimate of drug-likeness (QED) is 0.835. The van der Waals surface area contributed by atoms with Gasteiger partial charge in [-0.25, -0.2) is 9.78 Å². The zero-order valence-electron chi connectivity index (χ0n) is 13.7. The molecule has 2 aromatic rings. The van der Waals surface area contributed by atoms with Crippen LogP contribution in [0.5, 0.6) is 0 Å². The van der Waals surface area contributed by atoms with Crippen LogP contribution in [0.15, 0.2) is 27.6 Å². The number of carbonyl (C=O) groups is 2. The number of carboxylic acid groups (broad SMARTS) is 1. The molecule has 0 aromatic carbocycles. The average Bonchev–Trinajstić information content (AvgIpc) is 3.02. The Labute approximate surface area is 142 Å². The largest absolute Gasteiger partial charge is 0.478 e. The summed E-state index contributed by atoms with van der Waals surface area (Å²) in [7, 11) is 0. The number of nitrogens with one attached hydrogen (secondary N) is 1. The second kappa shape index (κ2) is 6.17. The van der Waals surface area contributed by atoms with E-state index in [4.69, 9.17) is 14.3 Å². The number of aromatic nitrogens is 2. The number of aromatic carboxylic acids is 1. The van der Waals surface area contributed by atoms with Gasteiger partial charge in [0.1, 0.15) is 29.1 Å². The second-order valence-corrected chi connectivity index (χ2v) is 6.10. The number of ether oxygens (including phenoxy) is 1. The molecule has 1 aliphatic rings. The topological polar surface area (TPSA) is 124 Å². The normalized spacial score (nSPS) is 15.4. The smallest absolute Gasteiger partial charge is 0.338 e. The lowest BCUT2D eigenvalue weighted by molar-refractivity contribution is -0.0564. The molecule has 1 amide bonds. The zero-order chi connectivity index (χ0) is 18.2. The summed E-state index contributed by atoms with van der Waals surface area (Å²) in [6, 6.07) is 2.49. The van der Waals surface area contributed by atoms with Crippen molar-refractivity contribution in [2.45, 2.75) is 32.5 Å². The lowest BCUT2D eigenvalue weighted by Crippen LogP contribution is -2.42. The average molecular weight is 347 g/mol. The van der Waals surface area contributed by atoms with E-state index in [0.717, 1.165) is 6.26 Å². The van der Waals surface area contributed by atoms with E-state index in [2.05, 4.69) is 10.3 Å². The summed E-state index contributed by atoms with van der Waals surface area (Å²) < 4.78 is 12.2. The van der Waals surface area contributed by atoms with Crippen LogP contribution in [0.1, 0.15) is 46.3 Å². The third-order valence-electron chi connectivity index (χ3n) is 3.88. The summed E-state index contributed by atoms with van der Waals surface area (Å²) >= 11 is 0. The number of hydrogen-bond acceptors (Lipinski definition) is 6. The molecule has 0 saturated heterocycles. The maximum Gasteiger partial charge on any atom is 0.338 e. The van der Waals surface area contributed by atoms with Gasteiger partial charge in [-0.15, -0.1) is 0 Å². The van der Waals surface area contributed by atoms with Crippen LogP contribution in [0, 0.1) is 0 Å². The summed E-state index contributed by atoms with van der Waals surface area (Å²) in [5.41, 5.74) is -1.13. The molecule has 0 atom stereocenters. The van der Waals surface area contributed by atoms with Crippen LogP contribution in [0.3, 0.4) is 0 Å². The van der Waals surface area contributed by atoms with E-state index in [9.17, 15) is 14.4 Å². The van der Waals surface area contributed by atoms with Crippen LogP contribution < -0.4 is 10.9 Å². The predicted octanol–water partition coefficient (Wildman–Crippen LogP) is 0.730. The Morgan fingerprint density at radius 3 is 2.84 bits per heavy atom. The first kappa shape index (κ1) is 16.9. The molecule has 2 N–H and O–H groups in total. The fourth-order valence-electron chi connectivity index (χ4n) is 2.60. The molecule has 0 fully saturated rings. The number of furan rings is 1. The molecule has 9 heteroatoms. The van der Waals surface area contributed by atoms with Gasteiger partial charge in [-0.1, -0.05) is 0 Å². The van der Waals surface area contributed by atoms with Gasteiger partial charge < -0.3 is 19.6 Å². The summed E-state index contributed by atoms with van der Waals surface area (Å²) in [5.74, 6) is -1.00. The van der Waals surface area contributed by atoms with Crippen LogP contribution in [0.4, 0.5) is 0 Å². The number of carbonyl (C=O) groups excluding carboxylic acids is 1. The molecule has 0 bridgehead atoms. The Morgan fingerprint density at radius 2 is 2.16 bits per heavy atom. The van der Waals surface area contributed by atoms with Crippen molar-refractivity contribution in [1.82, 2.24) is 14.9 Å². The van der Waals surface area contributed by atoms with Gasteiger partial charge in [-0.3, -0.25) is 14.2 Å². The van der Waals surface area contributed by atoms with E-state index in [1.165, 1.54) is 16.7 Å². The molecule has 0 saturated carbocycles. The molecular formula is C16H17N3O6. The highest BCUT2D eigenvalue weighted by Crippen LogP contribution is 2.25. The lowest BCUT2D eigenvalue weighted by Gasteiger charge is -2.32. The molecule has 0 unspecified atom stereocenters. The van der Waals surface area contributed by atoms with Crippen molar-refractivity contribution in [3.05, 3.63) is 51.6 Å². The predicted molar refractivity (Wildman–Crippen MR) is 84.3 cm³/mol. The van der Waals surface area contributed by atoms with Gasteiger partial charge in [0.15, 0.2) is 0 Å². The minimum Gasteiger partial charge on any atom is -0.478 e. The Morgan fingerprint density at radius 1 is 1.40 bits per heavy atom. The summed E-state index contributed by atoms with van der Waals surface area (Å²) in [5, 5.41) is 11.4. The fourth-order valence-corrected chi connectivity index (χ4v) is 2.60. The molecular weight excluding hydrogens is 330 g/mol. The molecule has 3 heterocycles. The highest BCUT2D eigenvalue weighted by atomic mass is 16.5. The van der Waals surface area contributed by atoms with Crippen LogP contribution in [0.2, 0.25) is 0 Å². The van der Waals surface area contributed by atoms with Crippen LogP contribution in [-0.4, -0.2) is 33.1 Å². The van der Waals surface area contributed by atoms with Crippen molar-refractivity contribution in [2.75, 3.05) is 6.61 Å².